The zero-order valence-corrected chi connectivity index (χ0v) is 14.2. The van der Waals surface area contributed by atoms with Crippen LogP contribution in [-0.2, 0) is 19.0 Å². The van der Waals surface area contributed by atoms with Crippen LogP contribution in [0.5, 0.6) is 0 Å². The molecule has 1 aliphatic heterocycles. The second-order valence-electron chi connectivity index (χ2n) is 7.43. The zero-order valence-electron chi connectivity index (χ0n) is 14.2. The molecule has 23 heavy (non-hydrogen) atoms. The van der Waals surface area contributed by atoms with Crippen molar-refractivity contribution in [2.24, 2.45) is 11.3 Å². The van der Waals surface area contributed by atoms with Crippen LogP contribution in [0.4, 0.5) is 0 Å². The smallest absolute Gasteiger partial charge is 0.302 e. The van der Waals surface area contributed by atoms with E-state index in [4.69, 9.17) is 14.2 Å². The topological polar surface area (TPSA) is 65.0 Å². The predicted octanol–water partition coefficient (Wildman–Crippen LogP) is 2.57. The van der Waals surface area contributed by atoms with E-state index in [0.717, 1.165) is 32.1 Å². The molecular formula is C18H28O5. The van der Waals surface area contributed by atoms with E-state index >= 15 is 0 Å². The van der Waals surface area contributed by atoms with Crippen molar-refractivity contribution in [1.29, 1.82) is 0 Å². The highest BCUT2D eigenvalue weighted by molar-refractivity contribution is 5.65. The van der Waals surface area contributed by atoms with Crippen molar-refractivity contribution in [3.8, 4) is 0 Å². The zero-order chi connectivity index (χ0) is 16.5. The van der Waals surface area contributed by atoms with E-state index in [1.165, 1.54) is 12.5 Å². The van der Waals surface area contributed by atoms with Crippen molar-refractivity contribution in [2.45, 2.75) is 64.3 Å². The molecule has 5 heteroatoms. The molecule has 3 atom stereocenters. The van der Waals surface area contributed by atoms with Gasteiger partial charge in [0.05, 0.1) is 25.4 Å². The van der Waals surface area contributed by atoms with Gasteiger partial charge in [0.2, 0.25) is 0 Å². The lowest BCUT2D eigenvalue weighted by molar-refractivity contribution is -0.146. The first kappa shape index (κ1) is 16.9. The van der Waals surface area contributed by atoms with E-state index in [1.807, 2.05) is 0 Å². The standard InChI is InChI=1S/C18H28O5/c1-13(19)23-12-15-6-8-18(20)11-14(5-7-17(15,18)2)3-4-16-21-9-10-22-16/h3,15-16,20H,4-12H2,1-2H3/b14-3-/t15-,17?,18-/m1/s1. The Morgan fingerprint density at radius 3 is 2.83 bits per heavy atom. The van der Waals surface area contributed by atoms with Crippen LogP contribution in [0, 0.1) is 11.3 Å². The molecule has 0 amide bonds. The Morgan fingerprint density at radius 2 is 2.13 bits per heavy atom. The predicted molar refractivity (Wildman–Crippen MR) is 84.7 cm³/mol. The lowest BCUT2D eigenvalue weighted by Crippen LogP contribution is -2.49. The van der Waals surface area contributed by atoms with Gasteiger partial charge in [0.25, 0.3) is 0 Å². The van der Waals surface area contributed by atoms with Gasteiger partial charge in [0, 0.05) is 24.7 Å². The molecule has 0 radical (unpaired) electrons. The van der Waals surface area contributed by atoms with E-state index in [2.05, 4.69) is 13.0 Å². The van der Waals surface area contributed by atoms with Gasteiger partial charge in [-0.05, 0) is 32.1 Å². The summed E-state index contributed by atoms with van der Waals surface area (Å²) in [7, 11) is 0. The number of hydrogen-bond donors (Lipinski definition) is 1. The highest BCUT2D eigenvalue weighted by Crippen LogP contribution is 2.59. The second-order valence-corrected chi connectivity index (χ2v) is 7.43. The number of hydrogen-bond acceptors (Lipinski definition) is 5. The molecule has 0 aromatic heterocycles. The summed E-state index contributed by atoms with van der Waals surface area (Å²) in [4.78, 5) is 11.1. The molecule has 130 valence electrons. The van der Waals surface area contributed by atoms with E-state index < -0.39 is 5.60 Å². The third-order valence-corrected chi connectivity index (χ3v) is 6.13. The minimum absolute atomic E-state index is 0.120. The molecule has 0 bridgehead atoms. The van der Waals surface area contributed by atoms with Crippen LogP contribution < -0.4 is 0 Å². The number of carbonyl (C=O) groups is 1. The molecule has 0 aromatic rings. The highest BCUT2D eigenvalue weighted by Gasteiger charge is 2.58. The number of carbonyl (C=O) groups excluding carboxylic acids is 1. The molecular weight excluding hydrogens is 296 g/mol. The minimum Gasteiger partial charge on any atom is -0.466 e. The Balaban J connectivity index is 1.63. The average Bonchev–Trinajstić information content (AvgIpc) is 3.09. The summed E-state index contributed by atoms with van der Waals surface area (Å²) < 4.78 is 16.2. The number of esters is 1. The summed E-state index contributed by atoms with van der Waals surface area (Å²) in [6.07, 6.45) is 7.17. The van der Waals surface area contributed by atoms with Crippen LogP contribution in [-0.4, -0.2) is 42.8 Å². The SMILES string of the molecule is CC(=O)OC[C@H]1CC[C@@]2(O)C/C(=C\CC3OCCO3)CCC12C. The third-order valence-electron chi connectivity index (χ3n) is 6.13. The van der Waals surface area contributed by atoms with Crippen molar-refractivity contribution in [3.63, 3.8) is 0 Å². The van der Waals surface area contributed by atoms with Crippen molar-refractivity contribution in [3.05, 3.63) is 11.6 Å². The van der Waals surface area contributed by atoms with Crippen LogP contribution in [0.2, 0.25) is 0 Å². The molecule has 3 fully saturated rings. The van der Waals surface area contributed by atoms with Crippen molar-refractivity contribution >= 4 is 5.97 Å². The molecule has 3 aliphatic rings. The Hall–Kier alpha value is -0.910. The van der Waals surface area contributed by atoms with E-state index in [1.54, 1.807) is 0 Å². The van der Waals surface area contributed by atoms with Gasteiger partial charge in [0.15, 0.2) is 6.29 Å². The Kier molecular flexibility index (Phi) is 4.81. The number of fused-ring (bicyclic) bond motifs is 1. The molecule has 1 saturated heterocycles. The van der Waals surface area contributed by atoms with Gasteiger partial charge >= 0.3 is 5.97 Å². The monoisotopic (exact) mass is 324 g/mol. The number of ether oxygens (including phenoxy) is 3. The highest BCUT2D eigenvalue weighted by atomic mass is 16.7. The number of aliphatic hydroxyl groups is 1. The van der Waals surface area contributed by atoms with E-state index in [9.17, 15) is 9.90 Å². The fourth-order valence-electron chi connectivity index (χ4n) is 4.47. The third kappa shape index (κ3) is 3.32. The van der Waals surface area contributed by atoms with Gasteiger partial charge in [-0.25, -0.2) is 0 Å². The summed E-state index contributed by atoms with van der Waals surface area (Å²) in [6, 6.07) is 0. The summed E-state index contributed by atoms with van der Waals surface area (Å²) in [6.45, 7) is 5.38. The summed E-state index contributed by atoms with van der Waals surface area (Å²) in [5.74, 6) is 0.0106. The van der Waals surface area contributed by atoms with Crippen LogP contribution in [0.25, 0.3) is 0 Å². The fraction of sp³-hybridized carbons (Fsp3) is 0.833. The van der Waals surface area contributed by atoms with Crippen LogP contribution >= 0.6 is 0 Å². The van der Waals surface area contributed by atoms with Gasteiger partial charge in [-0.2, -0.15) is 0 Å². The molecule has 1 N–H and O–H groups in total. The fourth-order valence-corrected chi connectivity index (χ4v) is 4.47. The first-order valence-corrected chi connectivity index (χ1v) is 8.70. The first-order chi connectivity index (χ1) is 10.9. The second kappa shape index (κ2) is 6.54. The molecule has 5 nitrogen and oxygen atoms in total. The summed E-state index contributed by atoms with van der Waals surface area (Å²) in [5.41, 5.74) is 0.455. The molecule has 2 aliphatic carbocycles. The van der Waals surface area contributed by atoms with Gasteiger partial charge in [0.1, 0.15) is 0 Å². The summed E-state index contributed by atoms with van der Waals surface area (Å²) >= 11 is 0. The van der Waals surface area contributed by atoms with Gasteiger partial charge in [-0.3, -0.25) is 4.79 Å². The molecule has 3 rings (SSSR count). The van der Waals surface area contributed by atoms with Gasteiger partial charge in [-0.1, -0.05) is 18.6 Å². The largest absolute Gasteiger partial charge is 0.466 e. The van der Waals surface area contributed by atoms with Crippen molar-refractivity contribution < 1.29 is 24.1 Å². The molecule has 1 heterocycles. The lowest BCUT2D eigenvalue weighted by Gasteiger charge is -2.47. The van der Waals surface area contributed by atoms with Crippen LogP contribution in [0.15, 0.2) is 11.6 Å². The minimum atomic E-state index is -0.681. The van der Waals surface area contributed by atoms with Crippen molar-refractivity contribution in [1.82, 2.24) is 0 Å². The first-order valence-electron chi connectivity index (χ1n) is 8.70. The van der Waals surface area contributed by atoms with Crippen molar-refractivity contribution in [2.75, 3.05) is 19.8 Å². The van der Waals surface area contributed by atoms with E-state index in [0.29, 0.717) is 26.2 Å². The molecule has 1 unspecified atom stereocenters. The normalized spacial score (nSPS) is 39.6. The Bertz CT molecular complexity index is 482. The van der Waals surface area contributed by atoms with Crippen LogP contribution in [0.1, 0.15) is 52.4 Å². The van der Waals surface area contributed by atoms with Gasteiger partial charge < -0.3 is 19.3 Å². The molecule has 2 saturated carbocycles. The Labute approximate surface area is 138 Å². The Morgan fingerprint density at radius 1 is 1.39 bits per heavy atom. The maximum absolute atomic E-state index is 11.2. The average molecular weight is 324 g/mol. The lowest BCUT2D eigenvalue weighted by atomic mass is 9.61. The number of rotatable bonds is 4. The maximum Gasteiger partial charge on any atom is 0.302 e. The van der Waals surface area contributed by atoms with Gasteiger partial charge in [-0.15, -0.1) is 0 Å². The van der Waals surface area contributed by atoms with Crippen LogP contribution in [0.3, 0.4) is 0 Å². The molecule has 0 spiro atoms. The summed E-state index contributed by atoms with van der Waals surface area (Å²) in [5, 5.41) is 11.2. The maximum atomic E-state index is 11.2. The quantitative estimate of drug-likeness (QED) is 0.636. The van der Waals surface area contributed by atoms with E-state index in [-0.39, 0.29) is 23.6 Å². The molecule has 0 aromatic carbocycles.